The number of nitrogens with zero attached hydrogens (tertiary/aromatic N) is 3. The van der Waals surface area contributed by atoms with Crippen LogP contribution in [0.25, 0.3) is 0 Å². The standard InChI is InChI=1S/C23H33N3O3S.ClH/c1-2-18-30(28,29)26-16-14-25(15-17-26)23(11-4-3-5-12-23)13-10-22(27)21-8-6-20(19-24)7-9-21;/h6-9H,2-5,10-18H2,1H3;1H. The molecule has 2 fully saturated rings. The topological polar surface area (TPSA) is 81.5 Å². The summed E-state index contributed by atoms with van der Waals surface area (Å²) in [7, 11) is -3.15. The first-order chi connectivity index (χ1) is 14.4. The molecule has 0 N–H and O–H groups in total. The molecule has 8 heteroatoms. The SMILES string of the molecule is CCCS(=O)(=O)N1CCN(C2(CCC(=O)c3ccc(C#N)cc3)CCCCC2)CC1.Cl. The first-order valence-electron chi connectivity index (χ1n) is 11.2. The summed E-state index contributed by atoms with van der Waals surface area (Å²) >= 11 is 0. The van der Waals surface area contributed by atoms with E-state index in [-0.39, 0.29) is 29.5 Å². The van der Waals surface area contributed by atoms with Gasteiger partial charge in [-0.2, -0.15) is 9.57 Å². The van der Waals surface area contributed by atoms with Gasteiger partial charge in [-0.15, -0.1) is 12.4 Å². The summed E-state index contributed by atoms with van der Waals surface area (Å²) in [5.41, 5.74) is 1.22. The Bertz CT molecular complexity index is 866. The van der Waals surface area contributed by atoms with E-state index in [1.54, 1.807) is 28.6 Å². The average Bonchev–Trinajstić information content (AvgIpc) is 2.78. The summed E-state index contributed by atoms with van der Waals surface area (Å²) in [4.78, 5) is 15.2. The number of hydrogen-bond acceptors (Lipinski definition) is 5. The zero-order valence-electron chi connectivity index (χ0n) is 18.4. The molecule has 6 nitrogen and oxygen atoms in total. The number of rotatable bonds is 8. The molecular weight excluding hydrogens is 434 g/mol. The summed E-state index contributed by atoms with van der Waals surface area (Å²) < 4.78 is 26.5. The van der Waals surface area contributed by atoms with Gasteiger partial charge >= 0.3 is 0 Å². The third-order valence-electron chi connectivity index (χ3n) is 6.70. The second kappa shape index (κ2) is 11.4. The number of hydrogen-bond donors (Lipinski definition) is 0. The highest BCUT2D eigenvalue weighted by Crippen LogP contribution is 2.38. The lowest BCUT2D eigenvalue weighted by molar-refractivity contribution is 0.0165. The molecule has 1 saturated carbocycles. The van der Waals surface area contributed by atoms with E-state index in [2.05, 4.69) is 11.0 Å². The van der Waals surface area contributed by atoms with Gasteiger partial charge in [-0.05, 0) is 37.8 Å². The number of Topliss-reactive ketones (excluding diaryl/α,β-unsaturated/α-hetero) is 1. The number of halogens is 1. The molecule has 0 bridgehead atoms. The second-order valence-electron chi connectivity index (χ2n) is 8.60. The van der Waals surface area contributed by atoms with Crippen LogP contribution in [0.2, 0.25) is 0 Å². The van der Waals surface area contributed by atoms with Crippen molar-refractivity contribution >= 4 is 28.2 Å². The van der Waals surface area contributed by atoms with E-state index in [9.17, 15) is 13.2 Å². The van der Waals surface area contributed by atoms with Crippen molar-refractivity contribution in [1.82, 2.24) is 9.21 Å². The molecule has 0 unspecified atom stereocenters. The lowest BCUT2D eigenvalue weighted by Gasteiger charge is -2.50. The highest BCUT2D eigenvalue weighted by Gasteiger charge is 2.40. The Balaban J connectivity index is 0.00000341. The second-order valence-corrected chi connectivity index (χ2v) is 10.7. The Labute approximate surface area is 193 Å². The molecule has 3 rings (SSSR count). The van der Waals surface area contributed by atoms with Crippen LogP contribution >= 0.6 is 12.4 Å². The minimum Gasteiger partial charge on any atom is -0.295 e. The molecular formula is C23H34ClN3O3S. The number of benzene rings is 1. The smallest absolute Gasteiger partial charge is 0.214 e. The van der Waals surface area contributed by atoms with Crippen LogP contribution in [-0.4, -0.2) is 60.9 Å². The molecule has 1 aliphatic carbocycles. The van der Waals surface area contributed by atoms with Gasteiger partial charge < -0.3 is 0 Å². The van der Waals surface area contributed by atoms with Crippen molar-refractivity contribution in [3.8, 4) is 6.07 Å². The van der Waals surface area contributed by atoms with E-state index in [1.807, 2.05) is 6.92 Å². The summed E-state index contributed by atoms with van der Waals surface area (Å²) in [5, 5.41) is 8.94. The molecule has 0 atom stereocenters. The predicted octanol–water partition coefficient (Wildman–Crippen LogP) is 4.00. The fourth-order valence-electron chi connectivity index (χ4n) is 4.98. The van der Waals surface area contributed by atoms with Gasteiger partial charge in [-0.3, -0.25) is 9.69 Å². The van der Waals surface area contributed by atoms with Gasteiger partial charge in [0.25, 0.3) is 0 Å². The van der Waals surface area contributed by atoms with Gasteiger partial charge in [0, 0.05) is 43.7 Å². The molecule has 0 radical (unpaired) electrons. The van der Waals surface area contributed by atoms with E-state index in [0.29, 0.717) is 37.1 Å². The lowest BCUT2D eigenvalue weighted by atomic mass is 9.76. The molecule has 1 aromatic carbocycles. The van der Waals surface area contributed by atoms with Gasteiger partial charge in [0.05, 0.1) is 17.4 Å². The van der Waals surface area contributed by atoms with Crippen LogP contribution in [0.4, 0.5) is 0 Å². The van der Waals surface area contributed by atoms with E-state index in [0.717, 1.165) is 32.4 Å². The third-order valence-corrected chi connectivity index (χ3v) is 8.78. The zero-order chi connectivity index (χ0) is 21.6. The van der Waals surface area contributed by atoms with Crippen molar-refractivity contribution in [3.63, 3.8) is 0 Å². The van der Waals surface area contributed by atoms with Gasteiger partial charge in [0.2, 0.25) is 10.0 Å². The molecule has 0 aromatic heterocycles. The Hall–Kier alpha value is -1.46. The summed E-state index contributed by atoms with van der Waals surface area (Å²) in [6, 6.07) is 8.95. The number of carbonyl (C=O) groups excluding carboxylic acids is 1. The third kappa shape index (κ3) is 6.29. The lowest BCUT2D eigenvalue weighted by Crippen LogP contribution is -2.58. The van der Waals surface area contributed by atoms with Crippen molar-refractivity contribution in [2.45, 2.75) is 63.8 Å². The average molecular weight is 468 g/mol. The van der Waals surface area contributed by atoms with Crippen LogP contribution in [0.5, 0.6) is 0 Å². The Morgan fingerprint density at radius 3 is 2.23 bits per heavy atom. The minimum atomic E-state index is -3.15. The largest absolute Gasteiger partial charge is 0.295 e. The van der Waals surface area contributed by atoms with Crippen molar-refractivity contribution < 1.29 is 13.2 Å². The maximum Gasteiger partial charge on any atom is 0.214 e. The predicted molar refractivity (Wildman–Crippen MR) is 125 cm³/mol. The van der Waals surface area contributed by atoms with Gasteiger partial charge in [0.15, 0.2) is 5.78 Å². The van der Waals surface area contributed by atoms with Crippen molar-refractivity contribution in [2.24, 2.45) is 0 Å². The first kappa shape index (κ1) is 25.8. The molecule has 0 spiro atoms. The van der Waals surface area contributed by atoms with Crippen molar-refractivity contribution in [2.75, 3.05) is 31.9 Å². The maximum atomic E-state index is 12.8. The number of nitriles is 1. The number of carbonyl (C=O) groups is 1. The number of piperazine rings is 1. The monoisotopic (exact) mass is 467 g/mol. The highest BCUT2D eigenvalue weighted by atomic mass is 35.5. The molecule has 172 valence electrons. The normalized spacial score (nSPS) is 19.9. The quantitative estimate of drug-likeness (QED) is 0.539. The zero-order valence-corrected chi connectivity index (χ0v) is 20.0. The summed E-state index contributed by atoms with van der Waals surface area (Å²) in [6.45, 7) is 4.49. The molecule has 2 aliphatic rings. The van der Waals surface area contributed by atoms with E-state index < -0.39 is 10.0 Å². The molecule has 1 heterocycles. The highest BCUT2D eigenvalue weighted by molar-refractivity contribution is 7.89. The summed E-state index contributed by atoms with van der Waals surface area (Å²) in [5.74, 6) is 0.339. The van der Waals surface area contributed by atoms with E-state index in [1.165, 1.54) is 19.3 Å². The Kier molecular flexibility index (Phi) is 9.50. The minimum absolute atomic E-state index is 0. The van der Waals surface area contributed by atoms with Crippen molar-refractivity contribution in [1.29, 1.82) is 5.26 Å². The first-order valence-corrected chi connectivity index (χ1v) is 12.8. The maximum absolute atomic E-state index is 12.8. The van der Waals surface area contributed by atoms with Crippen LogP contribution in [-0.2, 0) is 10.0 Å². The van der Waals surface area contributed by atoms with E-state index >= 15 is 0 Å². The van der Waals surface area contributed by atoms with E-state index in [4.69, 9.17) is 5.26 Å². The fraction of sp³-hybridized carbons (Fsp3) is 0.652. The molecule has 31 heavy (non-hydrogen) atoms. The Morgan fingerprint density at radius 1 is 1.06 bits per heavy atom. The van der Waals surface area contributed by atoms with Gasteiger partial charge in [-0.25, -0.2) is 8.42 Å². The van der Waals surface area contributed by atoms with Crippen LogP contribution < -0.4 is 0 Å². The number of ketones is 1. The van der Waals surface area contributed by atoms with Crippen LogP contribution in [0.1, 0.15) is 74.2 Å². The molecule has 0 amide bonds. The van der Waals surface area contributed by atoms with Crippen LogP contribution in [0.3, 0.4) is 0 Å². The van der Waals surface area contributed by atoms with Gasteiger partial charge in [-0.1, -0.05) is 38.3 Å². The van der Waals surface area contributed by atoms with Crippen LogP contribution in [0.15, 0.2) is 24.3 Å². The van der Waals surface area contributed by atoms with Crippen molar-refractivity contribution in [3.05, 3.63) is 35.4 Å². The van der Waals surface area contributed by atoms with Gasteiger partial charge in [0.1, 0.15) is 0 Å². The fourth-order valence-corrected chi connectivity index (χ4v) is 6.48. The number of sulfonamides is 1. The molecule has 1 aliphatic heterocycles. The molecule has 1 saturated heterocycles. The molecule has 1 aromatic rings. The van der Waals surface area contributed by atoms with Crippen LogP contribution in [0, 0.1) is 11.3 Å². The summed E-state index contributed by atoms with van der Waals surface area (Å²) in [6.07, 6.45) is 7.66. The Morgan fingerprint density at radius 2 is 1.68 bits per heavy atom.